The molecule has 0 unspecified atom stereocenters. The molecule has 4 rings (SSSR count). The predicted octanol–water partition coefficient (Wildman–Crippen LogP) is 3.90. The van der Waals surface area contributed by atoms with Crippen molar-refractivity contribution in [3.63, 3.8) is 0 Å². The van der Waals surface area contributed by atoms with Crippen LogP contribution in [0, 0.1) is 6.92 Å². The average molecular weight is 372 g/mol. The van der Waals surface area contributed by atoms with E-state index in [2.05, 4.69) is 20.5 Å². The molecule has 8 heteroatoms. The van der Waals surface area contributed by atoms with Crippen molar-refractivity contribution in [2.45, 2.75) is 12.1 Å². The summed E-state index contributed by atoms with van der Waals surface area (Å²) in [4.78, 5) is 16.7. The monoisotopic (exact) mass is 371 g/mol. The number of amides is 1. The van der Waals surface area contributed by atoms with Gasteiger partial charge in [0.25, 0.3) is 0 Å². The largest absolute Gasteiger partial charge is 0.325 e. The number of carbonyl (C=O) groups excluding carboxylic acids is 1. The Balaban J connectivity index is 1.52. The molecule has 2 aromatic carbocycles. The van der Waals surface area contributed by atoms with Crippen LogP contribution in [0.5, 0.6) is 0 Å². The molecular weight excluding hydrogens is 358 g/mol. The summed E-state index contributed by atoms with van der Waals surface area (Å²) >= 11 is 7.43. The van der Waals surface area contributed by atoms with Gasteiger partial charge >= 0.3 is 0 Å². The average Bonchev–Trinajstić information content (AvgIpc) is 3.16. The van der Waals surface area contributed by atoms with Crippen molar-refractivity contribution in [3.8, 4) is 0 Å². The minimum atomic E-state index is -0.115. The zero-order chi connectivity index (χ0) is 17.4. The number of imidazole rings is 1. The lowest BCUT2D eigenvalue weighted by atomic mass is 10.2. The van der Waals surface area contributed by atoms with Crippen molar-refractivity contribution in [3.05, 3.63) is 53.1 Å². The fourth-order valence-corrected chi connectivity index (χ4v) is 3.53. The van der Waals surface area contributed by atoms with Crippen LogP contribution < -0.4 is 5.32 Å². The Labute approximate surface area is 152 Å². The topological polar surface area (TPSA) is 75.1 Å². The molecular formula is C17H14ClN5OS. The number of H-pyrrole nitrogens is 1. The van der Waals surface area contributed by atoms with Gasteiger partial charge in [0.1, 0.15) is 0 Å². The number of aromatic amines is 1. The van der Waals surface area contributed by atoms with E-state index < -0.39 is 0 Å². The number of hydrogen-bond acceptors (Lipinski definition) is 4. The van der Waals surface area contributed by atoms with Gasteiger partial charge in [-0.15, -0.1) is 5.10 Å². The first-order valence-corrected chi connectivity index (χ1v) is 8.99. The summed E-state index contributed by atoms with van der Waals surface area (Å²) in [5.41, 5.74) is 3.42. The number of anilines is 1. The Morgan fingerprint density at radius 2 is 2.12 bits per heavy atom. The van der Waals surface area contributed by atoms with Crippen LogP contribution >= 0.6 is 23.4 Å². The molecule has 0 bridgehead atoms. The number of rotatable bonds is 4. The lowest BCUT2D eigenvalue weighted by molar-refractivity contribution is -0.113. The number of aromatic nitrogens is 4. The van der Waals surface area contributed by atoms with Crippen LogP contribution in [0.3, 0.4) is 0 Å². The zero-order valence-electron chi connectivity index (χ0n) is 13.3. The van der Waals surface area contributed by atoms with Crippen LogP contribution in [0.4, 0.5) is 5.69 Å². The molecule has 0 atom stereocenters. The molecule has 0 saturated heterocycles. The van der Waals surface area contributed by atoms with Crippen LogP contribution in [-0.4, -0.2) is 31.2 Å². The number of nitrogens with one attached hydrogen (secondary N) is 2. The molecule has 0 saturated carbocycles. The SMILES string of the molecule is Cc1c(Cl)cccc1NC(=O)CSc1n[nH]c2nc3ccccc3n12. The van der Waals surface area contributed by atoms with Gasteiger partial charge in [0.05, 0.1) is 16.8 Å². The van der Waals surface area contributed by atoms with Gasteiger partial charge in [-0.3, -0.25) is 9.20 Å². The summed E-state index contributed by atoms with van der Waals surface area (Å²) < 4.78 is 1.91. The van der Waals surface area contributed by atoms with Crippen LogP contribution in [0.1, 0.15) is 5.56 Å². The molecule has 126 valence electrons. The summed E-state index contributed by atoms with van der Waals surface area (Å²) in [6.45, 7) is 1.87. The third-order valence-electron chi connectivity index (χ3n) is 3.88. The summed E-state index contributed by atoms with van der Waals surface area (Å²) in [6.07, 6.45) is 0. The predicted molar refractivity (Wildman–Crippen MR) is 100 cm³/mol. The van der Waals surface area contributed by atoms with Crippen molar-refractivity contribution >= 4 is 51.8 Å². The van der Waals surface area contributed by atoms with E-state index in [0.29, 0.717) is 16.0 Å². The Bertz CT molecular complexity index is 1090. The van der Waals surface area contributed by atoms with Gasteiger partial charge in [-0.25, -0.2) is 10.1 Å². The Morgan fingerprint density at radius 1 is 1.28 bits per heavy atom. The molecule has 0 radical (unpaired) electrons. The molecule has 1 amide bonds. The Kier molecular flexibility index (Phi) is 4.10. The zero-order valence-corrected chi connectivity index (χ0v) is 14.9. The number of halogens is 1. The van der Waals surface area contributed by atoms with Gasteiger partial charge in [0.2, 0.25) is 11.7 Å². The van der Waals surface area contributed by atoms with E-state index in [1.54, 1.807) is 6.07 Å². The maximum atomic E-state index is 12.3. The maximum Gasteiger partial charge on any atom is 0.234 e. The van der Waals surface area contributed by atoms with E-state index in [0.717, 1.165) is 22.3 Å². The van der Waals surface area contributed by atoms with Crippen molar-refractivity contribution in [1.29, 1.82) is 0 Å². The smallest absolute Gasteiger partial charge is 0.234 e. The fourth-order valence-electron chi connectivity index (χ4n) is 2.60. The van der Waals surface area contributed by atoms with E-state index in [-0.39, 0.29) is 11.7 Å². The molecule has 2 heterocycles. The van der Waals surface area contributed by atoms with E-state index in [1.807, 2.05) is 47.7 Å². The second-order valence-corrected chi connectivity index (χ2v) is 6.86. The van der Waals surface area contributed by atoms with E-state index >= 15 is 0 Å². The van der Waals surface area contributed by atoms with Crippen molar-refractivity contribution in [2.24, 2.45) is 0 Å². The van der Waals surface area contributed by atoms with Gasteiger partial charge in [-0.1, -0.05) is 41.6 Å². The van der Waals surface area contributed by atoms with Crippen molar-refractivity contribution in [1.82, 2.24) is 19.6 Å². The normalized spacial score (nSPS) is 11.3. The van der Waals surface area contributed by atoms with Crippen molar-refractivity contribution in [2.75, 3.05) is 11.1 Å². The maximum absolute atomic E-state index is 12.3. The van der Waals surface area contributed by atoms with Gasteiger partial charge in [0.15, 0.2) is 5.16 Å². The highest BCUT2D eigenvalue weighted by Gasteiger charge is 2.14. The molecule has 0 aliphatic rings. The standard InChI is InChI=1S/C17H14ClN5OS/c1-10-11(18)5-4-7-12(10)19-15(24)9-25-17-22-21-16-20-13-6-2-3-8-14(13)23(16)17/h2-8H,9H2,1H3,(H,19,24)(H,20,21). The summed E-state index contributed by atoms with van der Waals surface area (Å²) in [7, 11) is 0. The first-order valence-electron chi connectivity index (χ1n) is 7.63. The highest BCUT2D eigenvalue weighted by atomic mass is 35.5. The molecule has 0 spiro atoms. The van der Waals surface area contributed by atoms with Gasteiger partial charge in [-0.05, 0) is 36.8 Å². The first kappa shape index (κ1) is 16.0. The second-order valence-electron chi connectivity index (χ2n) is 5.51. The molecule has 2 aromatic heterocycles. The molecule has 0 aliphatic carbocycles. The van der Waals surface area contributed by atoms with E-state index in [9.17, 15) is 4.79 Å². The first-order chi connectivity index (χ1) is 12.1. The molecule has 4 aromatic rings. The highest BCUT2D eigenvalue weighted by molar-refractivity contribution is 7.99. The van der Waals surface area contributed by atoms with Crippen LogP contribution in [0.25, 0.3) is 16.8 Å². The number of thioether (sulfide) groups is 1. The third kappa shape index (κ3) is 2.96. The van der Waals surface area contributed by atoms with Crippen molar-refractivity contribution < 1.29 is 4.79 Å². The lowest BCUT2D eigenvalue weighted by Gasteiger charge is -2.08. The Hall–Kier alpha value is -2.51. The number of nitrogens with zero attached hydrogens (tertiary/aromatic N) is 3. The second kappa shape index (κ2) is 6.42. The quantitative estimate of drug-likeness (QED) is 0.533. The summed E-state index contributed by atoms with van der Waals surface area (Å²) in [6, 6.07) is 13.3. The molecule has 6 nitrogen and oxygen atoms in total. The summed E-state index contributed by atoms with van der Waals surface area (Å²) in [5, 5.41) is 11.4. The molecule has 25 heavy (non-hydrogen) atoms. The molecule has 0 fully saturated rings. The number of carbonyl (C=O) groups is 1. The molecule has 2 N–H and O–H groups in total. The number of para-hydroxylation sites is 2. The van der Waals surface area contributed by atoms with E-state index in [4.69, 9.17) is 11.6 Å². The Morgan fingerprint density at radius 3 is 3.00 bits per heavy atom. The fraction of sp³-hybridized carbons (Fsp3) is 0.118. The molecule has 0 aliphatic heterocycles. The highest BCUT2D eigenvalue weighted by Crippen LogP contribution is 2.25. The van der Waals surface area contributed by atoms with E-state index in [1.165, 1.54) is 11.8 Å². The minimum Gasteiger partial charge on any atom is -0.325 e. The summed E-state index contributed by atoms with van der Waals surface area (Å²) in [5.74, 6) is 0.782. The number of benzene rings is 2. The van der Waals surface area contributed by atoms with Gasteiger partial charge < -0.3 is 5.32 Å². The number of fused-ring (bicyclic) bond motifs is 3. The third-order valence-corrected chi connectivity index (χ3v) is 5.23. The van der Waals surface area contributed by atoms with Crippen LogP contribution in [-0.2, 0) is 4.79 Å². The number of hydrogen-bond donors (Lipinski definition) is 2. The van der Waals surface area contributed by atoms with Gasteiger partial charge in [-0.2, -0.15) is 0 Å². The minimum absolute atomic E-state index is 0.115. The lowest BCUT2D eigenvalue weighted by Crippen LogP contribution is -2.15. The van der Waals surface area contributed by atoms with Gasteiger partial charge in [0, 0.05) is 10.7 Å². The van der Waals surface area contributed by atoms with Crippen LogP contribution in [0.15, 0.2) is 47.6 Å². The van der Waals surface area contributed by atoms with Crippen LogP contribution in [0.2, 0.25) is 5.02 Å².